The molecule has 0 atom stereocenters. The standard InChI is InChI=1S/C25H31N3O4S/c1-19-6-7-20(2)24(17-19)32-16-4-3-5-25(29)27-22-12-14-28(15-13-22)33(30,31)23-10-8-21(18-26)9-11-23/h6-11,17,22H,3-5,12-16H2,1-2H3,(H,27,29). The van der Waals surface area contributed by atoms with E-state index in [4.69, 9.17) is 10.00 Å². The van der Waals surface area contributed by atoms with Crippen molar-refractivity contribution in [2.75, 3.05) is 19.7 Å². The van der Waals surface area contributed by atoms with Gasteiger partial charge in [-0.15, -0.1) is 0 Å². The molecule has 0 saturated carbocycles. The third-order valence-electron chi connectivity index (χ3n) is 5.84. The summed E-state index contributed by atoms with van der Waals surface area (Å²) in [4.78, 5) is 12.5. The second-order valence-corrected chi connectivity index (χ2v) is 10.4. The van der Waals surface area contributed by atoms with E-state index in [1.807, 2.05) is 32.0 Å². The smallest absolute Gasteiger partial charge is 0.243 e. The zero-order valence-electron chi connectivity index (χ0n) is 19.2. The van der Waals surface area contributed by atoms with Crippen LogP contribution >= 0.6 is 0 Å². The van der Waals surface area contributed by atoms with Crippen molar-refractivity contribution in [3.63, 3.8) is 0 Å². The molecule has 176 valence electrons. The number of rotatable bonds is 9. The fourth-order valence-corrected chi connectivity index (χ4v) is 5.29. The van der Waals surface area contributed by atoms with Crippen molar-refractivity contribution in [1.82, 2.24) is 9.62 Å². The Bertz CT molecular complexity index is 1100. The highest BCUT2D eigenvalue weighted by molar-refractivity contribution is 7.89. The summed E-state index contributed by atoms with van der Waals surface area (Å²) >= 11 is 0. The number of carbonyl (C=O) groups is 1. The number of hydrogen-bond donors (Lipinski definition) is 1. The largest absolute Gasteiger partial charge is 0.493 e. The molecule has 1 fully saturated rings. The zero-order valence-corrected chi connectivity index (χ0v) is 20.0. The third kappa shape index (κ3) is 6.80. The Morgan fingerprint density at radius 3 is 2.48 bits per heavy atom. The molecule has 1 aliphatic rings. The van der Waals surface area contributed by atoms with Gasteiger partial charge in [-0.1, -0.05) is 12.1 Å². The Labute approximate surface area is 196 Å². The van der Waals surface area contributed by atoms with Crippen molar-refractivity contribution in [3.05, 3.63) is 59.2 Å². The van der Waals surface area contributed by atoms with E-state index in [1.165, 1.54) is 28.6 Å². The van der Waals surface area contributed by atoms with Gasteiger partial charge in [0.15, 0.2) is 0 Å². The summed E-state index contributed by atoms with van der Waals surface area (Å²) < 4.78 is 32.9. The summed E-state index contributed by atoms with van der Waals surface area (Å²) in [7, 11) is -3.59. The topological polar surface area (TPSA) is 99.5 Å². The first-order chi connectivity index (χ1) is 15.8. The summed E-state index contributed by atoms with van der Waals surface area (Å²) in [5.74, 6) is 0.886. The van der Waals surface area contributed by atoms with Gasteiger partial charge in [0.05, 0.1) is 23.1 Å². The molecule has 0 aromatic heterocycles. The molecule has 1 heterocycles. The van der Waals surface area contributed by atoms with Crippen LogP contribution in [0.2, 0.25) is 0 Å². The normalized spacial score (nSPS) is 15.1. The fourth-order valence-electron chi connectivity index (χ4n) is 3.82. The molecule has 0 bridgehead atoms. The van der Waals surface area contributed by atoms with E-state index < -0.39 is 10.0 Å². The van der Waals surface area contributed by atoms with Crippen LogP contribution < -0.4 is 10.1 Å². The van der Waals surface area contributed by atoms with E-state index in [-0.39, 0.29) is 16.8 Å². The van der Waals surface area contributed by atoms with Crippen LogP contribution in [0.3, 0.4) is 0 Å². The summed E-state index contributed by atoms with van der Waals surface area (Å²) in [5, 5.41) is 11.9. The van der Waals surface area contributed by atoms with Gasteiger partial charge in [-0.25, -0.2) is 8.42 Å². The quantitative estimate of drug-likeness (QED) is 0.565. The fraction of sp³-hybridized carbons (Fsp3) is 0.440. The SMILES string of the molecule is Cc1ccc(C)c(OCCCCC(=O)NC2CCN(S(=O)(=O)c3ccc(C#N)cc3)CC2)c1. The average molecular weight is 470 g/mol. The lowest BCUT2D eigenvalue weighted by molar-refractivity contribution is -0.122. The molecule has 3 rings (SSSR count). The highest BCUT2D eigenvalue weighted by atomic mass is 32.2. The Morgan fingerprint density at radius 1 is 1.12 bits per heavy atom. The molecule has 8 heteroatoms. The summed E-state index contributed by atoms with van der Waals surface area (Å²) in [5.41, 5.74) is 2.68. The lowest BCUT2D eigenvalue weighted by Gasteiger charge is -2.31. The number of sulfonamides is 1. The van der Waals surface area contributed by atoms with Crippen LogP contribution in [0.5, 0.6) is 5.75 Å². The van der Waals surface area contributed by atoms with Gasteiger partial charge in [0.1, 0.15) is 5.75 Å². The molecule has 0 unspecified atom stereocenters. The minimum atomic E-state index is -3.59. The van der Waals surface area contributed by atoms with Crippen molar-refractivity contribution in [1.29, 1.82) is 5.26 Å². The predicted molar refractivity (Wildman–Crippen MR) is 126 cm³/mol. The number of piperidine rings is 1. The van der Waals surface area contributed by atoms with E-state index in [0.717, 1.165) is 29.7 Å². The van der Waals surface area contributed by atoms with Crippen molar-refractivity contribution in [2.45, 2.75) is 56.9 Å². The Morgan fingerprint density at radius 2 is 1.82 bits per heavy atom. The van der Waals surface area contributed by atoms with E-state index in [1.54, 1.807) is 0 Å². The van der Waals surface area contributed by atoms with Crippen molar-refractivity contribution >= 4 is 15.9 Å². The van der Waals surface area contributed by atoms with Crippen LogP contribution in [0, 0.1) is 25.2 Å². The first-order valence-electron chi connectivity index (χ1n) is 11.3. The van der Waals surface area contributed by atoms with Gasteiger partial charge in [-0.3, -0.25) is 4.79 Å². The Hall–Kier alpha value is -2.89. The first-order valence-corrected chi connectivity index (χ1v) is 12.7. The Kier molecular flexibility index (Phi) is 8.48. The van der Waals surface area contributed by atoms with Gasteiger partial charge in [-0.2, -0.15) is 9.57 Å². The number of aryl methyl sites for hydroxylation is 2. The average Bonchev–Trinajstić information content (AvgIpc) is 2.81. The second kappa shape index (κ2) is 11.3. The molecule has 7 nitrogen and oxygen atoms in total. The molecule has 1 aliphatic heterocycles. The number of benzene rings is 2. The molecule has 1 saturated heterocycles. The first kappa shape index (κ1) is 24.7. The van der Waals surface area contributed by atoms with Crippen LogP contribution in [0.4, 0.5) is 0 Å². The van der Waals surface area contributed by atoms with Crippen LogP contribution in [0.25, 0.3) is 0 Å². The molecular formula is C25H31N3O4S. The minimum absolute atomic E-state index is 0.00450. The summed E-state index contributed by atoms with van der Waals surface area (Å²) in [6.07, 6.45) is 3.12. The van der Waals surface area contributed by atoms with Gasteiger partial charge in [0, 0.05) is 25.6 Å². The summed E-state index contributed by atoms with van der Waals surface area (Å²) in [6, 6.07) is 14.0. The number of carbonyl (C=O) groups excluding carboxylic acids is 1. The minimum Gasteiger partial charge on any atom is -0.493 e. The highest BCUT2D eigenvalue weighted by Gasteiger charge is 2.29. The van der Waals surface area contributed by atoms with E-state index in [0.29, 0.717) is 44.5 Å². The number of ether oxygens (including phenoxy) is 1. The number of amides is 1. The molecule has 33 heavy (non-hydrogen) atoms. The van der Waals surface area contributed by atoms with Gasteiger partial charge >= 0.3 is 0 Å². The maximum atomic E-state index is 12.8. The van der Waals surface area contributed by atoms with Crippen molar-refractivity contribution < 1.29 is 17.9 Å². The summed E-state index contributed by atoms with van der Waals surface area (Å²) in [6.45, 7) is 5.34. The van der Waals surface area contributed by atoms with Gasteiger partial charge in [-0.05, 0) is 81.0 Å². The number of nitrogens with zero attached hydrogens (tertiary/aromatic N) is 2. The third-order valence-corrected chi connectivity index (χ3v) is 7.75. The monoisotopic (exact) mass is 469 g/mol. The Balaban J connectivity index is 1.36. The van der Waals surface area contributed by atoms with Crippen LogP contribution in [0.1, 0.15) is 48.8 Å². The van der Waals surface area contributed by atoms with E-state index in [2.05, 4.69) is 11.4 Å². The van der Waals surface area contributed by atoms with E-state index >= 15 is 0 Å². The number of nitriles is 1. The maximum Gasteiger partial charge on any atom is 0.243 e. The molecule has 2 aromatic rings. The molecule has 1 N–H and O–H groups in total. The molecule has 0 radical (unpaired) electrons. The molecule has 0 aliphatic carbocycles. The van der Waals surface area contributed by atoms with E-state index in [9.17, 15) is 13.2 Å². The zero-order chi connectivity index (χ0) is 23.8. The maximum absolute atomic E-state index is 12.8. The highest BCUT2D eigenvalue weighted by Crippen LogP contribution is 2.22. The molecular weight excluding hydrogens is 438 g/mol. The van der Waals surface area contributed by atoms with Crippen LogP contribution in [0.15, 0.2) is 47.4 Å². The molecule has 0 spiro atoms. The number of hydrogen-bond acceptors (Lipinski definition) is 5. The number of unbranched alkanes of at least 4 members (excludes halogenated alkanes) is 1. The lowest BCUT2D eigenvalue weighted by atomic mass is 10.1. The molecule has 2 aromatic carbocycles. The van der Waals surface area contributed by atoms with Crippen LogP contribution in [-0.2, 0) is 14.8 Å². The van der Waals surface area contributed by atoms with Gasteiger partial charge in [0.2, 0.25) is 15.9 Å². The lowest BCUT2D eigenvalue weighted by Crippen LogP contribution is -2.46. The van der Waals surface area contributed by atoms with Crippen molar-refractivity contribution in [2.24, 2.45) is 0 Å². The number of nitrogens with one attached hydrogen (secondary N) is 1. The van der Waals surface area contributed by atoms with Gasteiger partial charge < -0.3 is 10.1 Å². The van der Waals surface area contributed by atoms with Gasteiger partial charge in [0.25, 0.3) is 0 Å². The van der Waals surface area contributed by atoms with Crippen LogP contribution in [-0.4, -0.2) is 44.4 Å². The second-order valence-electron chi connectivity index (χ2n) is 8.46. The van der Waals surface area contributed by atoms with Crippen molar-refractivity contribution in [3.8, 4) is 11.8 Å². The molecule has 1 amide bonds. The predicted octanol–water partition coefficient (Wildman–Crippen LogP) is 3.69.